The topological polar surface area (TPSA) is 69.5 Å². The Morgan fingerprint density at radius 2 is 2.36 bits per heavy atom. The highest BCUT2D eigenvalue weighted by molar-refractivity contribution is 5.68. The molecular formula is C15H22N4O3. The lowest BCUT2D eigenvalue weighted by Crippen LogP contribution is -2.40. The number of hydrogen-bond acceptors (Lipinski definition) is 5. The van der Waals surface area contributed by atoms with Crippen LogP contribution in [0.25, 0.3) is 0 Å². The number of ether oxygens (including phenoxy) is 2. The van der Waals surface area contributed by atoms with Crippen molar-refractivity contribution in [3.8, 4) is 12.3 Å². The predicted octanol–water partition coefficient (Wildman–Crippen LogP) is 1.14. The molecule has 1 aliphatic rings. The van der Waals surface area contributed by atoms with Gasteiger partial charge in [-0.1, -0.05) is 0 Å². The summed E-state index contributed by atoms with van der Waals surface area (Å²) in [5.41, 5.74) is -0.0103. The molecule has 0 N–H and O–H groups in total. The Morgan fingerprint density at radius 3 is 3.00 bits per heavy atom. The van der Waals surface area contributed by atoms with E-state index in [2.05, 4.69) is 16.1 Å². The fourth-order valence-corrected chi connectivity index (χ4v) is 2.17. The molecular weight excluding hydrogens is 284 g/mol. The van der Waals surface area contributed by atoms with Crippen molar-refractivity contribution < 1.29 is 14.3 Å². The molecule has 0 saturated carbocycles. The van der Waals surface area contributed by atoms with Crippen LogP contribution >= 0.6 is 0 Å². The number of aromatic nitrogens is 3. The smallest absolute Gasteiger partial charge is 0.410 e. The number of amides is 1. The van der Waals surface area contributed by atoms with E-state index in [1.54, 1.807) is 15.9 Å². The monoisotopic (exact) mass is 306 g/mol. The van der Waals surface area contributed by atoms with E-state index in [0.717, 1.165) is 0 Å². The first-order valence-electron chi connectivity index (χ1n) is 7.30. The number of carbonyl (C=O) groups is 1. The van der Waals surface area contributed by atoms with E-state index in [-0.39, 0.29) is 12.0 Å². The normalized spacial score (nSPS) is 19.4. The molecule has 22 heavy (non-hydrogen) atoms. The van der Waals surface area contributed by atoms with Crippen molar-refractivity contribution in [1.82, 2.24) is 19.9 Å². The van der Waals surface area contributed by atoms with E-state index in [9.17, 15) is 4.79 Å². The van der Waals surface area contributed by atoms with Gasteiger partial charge in [0, 0.05) is 19.0 Å². The maximum absolute atomic E-state index is 12.2. The standard InChI is InChI=1S/C15H22N4O3/c1-5-13-8-16-19(17-13)10-12-9-18(6-7-21-11-12)14(20)22-15(2,3)4/h1,8,12H,6-7,9-11H2,2-4H3. The molecule has 1 aliphatic heterocycles. The van der Waals surface area contributed by atoms with Crippen LogP contribution in [0.4, 0.5) is 4.79 Å². The van der Waals surface area contributed by atoms with Crippen molar-refractivity contribution in [2.75, 3.05) is 26.3 Å². The molecule has 0 radical (unpaired) electrons. The molecule has 1 atom stereocenters. The second kappa shape index (κ2) is 6.79. The van der Waals surface area contributed by atoms with E-state index < -0.39 is 5.60 Å². The highest BCUT2D eigenvalue weighted by Crippen LogP contribution is 2.14. The zero-order valence-electron chi connectivity index (χ0n) is 13.3. The first-order valence-corrected chi connectivity index (χ1v) is 7.30. The van der Waals surface area contributed by atoms with Crippen molar-refractivity contribution in [1.29, 1.82) is 0 Å². The van der Waals surface area contributed by atoms with Crippen LogP contribution in [0, 0.1) is 18.3 Å². The quantitative estimate of drug-likeness (QED) is 0.767. The Labute approximate surface area is 130 Å². The van der Waals surface area contributed by atoms with E-state index in [0.29, 0.717) is 38.5 Å². The lowest BCUT2D eigenvalue weighted by Gasteiger charge is -2.27. The van der Waals surface area contributed by atoms with Gasteiger partial charge in [0.05, 0.1) is 26.0 Å². The van der Waals surface area contributed by atoms with Crippen LogP contribution in [-0.4, -0.2) is 57.9 Å². The van der Waals surface area contributed by atoms with Gasteiger partial charge in [-0.05, 0) is 26.7 Å². The Morgan fingerprint density at radius 1 is 1.59 bits per heavy atom. The van der Waals surface area contributed by atoms with Crippen LogP contribution in [0.3, 0.4) is 0 Å². The molecule has 1 aromatic heterocycles. The minimum absolute atomic E-state index is 0.0908. The minimum Gasteiger partial charge on any atom is -0.444 e. The number of carbonyl (C=O) groups excluding carboxylic acids is 1. The molecule has 0 aromatic carbocycles. The molecule has 1 saturated heterocycles. The maximum atomic E-state index is 12.2. The molecule has 2 heterocycles. The van der Waals surface area contributed by atoms with Gasteiger partial charge in [0.15, 0.2) is 5.69 Å². The highest BCUT2D eigenvalue weighted by Gasteiger charge is 2.27. The second-order valence-corrected chi connectivity index (χ2v) is 6.30. The molecule has 0 bridgehead atoms. The number of nitrogens with zero attached hydrogens (tertiary/aromatic N) is 4. The van der Waals surface area contributed by atoms with Crippen LogP contribution in [0.15, 0.2) is 6.20 Å². The average molecular weight is 306 g/mol. The van der Waals surface area contributed by atoms with Crippen molar-refractivity contribution >= 4 is 6.09 Å². The summed E-state index contributed by atoms with van der Waals surface area (Å²) in [6.07, 6.45) is 6.51. The van der Waals surface area contributed by atoms with Crippen molar-refractivity contribution in [2.24, 2.45) is 5.92 Å². The highest BCUT2D eigenvalue weighted by atomic mass is 16.6. The molecule has 1 amide bonds. The molecule has 7 nitrogen and oxygen atoms in total. The van der Waals surface area contributed by atoms with Crippen LogP contribution in [0.1, 0.15) is 26.5 Å². The Hall–Kier alpha value is -2.07. The largest absolute Gasteiger partial charge is 0.444 e. The van der Waals surface area contributed by atoms with E-state index in [1.807, 2.05) is 20.8 Å². The fourth-order valence-electron chi connectivity index (χ4n) is 2.17. The molecule has 2 rings (SSSR count). The third-order valence-electron chi connectivity index (χ3n) is 3.10. The van der Waals surface area contributed by atoms with Gasteiger partial charge in [0.25, 0.3) is 0 Å². The maximum Gasteiger partial charge on any atom is 0.410 e. The van der Waals surface area contributed by atoms with Gasteiger partial charge in [-0.25, -0.2) is 4.79 Å². The molecule has 1 unspecified atom stereocenters. The van der Waals surface area contributed by atoms with Gasteiger partial charge in [-0.15, -0.1) is 11.5 Å². The van der Waals surface area contributed by atoms with Crippen molar-refractivity contribution in [3.05, 3.63) is 11.9 Å². The summed E-state index contributed by atoms with van der Waals surface area (Å²) in [6.45, 7) is 8.21. The van der Waals surface area contributed by atoms with E-state index >= 15 is 0 Å². The third kappa shape index (κ3) is 4.74. The number of rotatable bonds is 2. The molecule has 120 valence electrons. The second-order valence-electron chi connectivity index (χ2n) is 6.30. The minimum atomic E-state index is -0.509. The van der Waals surface area contributed by atoms with Crippen molar-refractivity contribution in [3.63, 3.8) is 0 Å². The van der Waals surface area contributed by atoms with Gasteiger partial charge >= 0.3 is 6.09 Å². The molecule has 1 fully saturated rings. The number of terminal acetylenes is 1. The Kier molecular flexibility index (Phi) is 5.03. The molecule has 1 aromatic rings. The van der Waals surface area contributed by atoms with E-state index in [1.165, 1.54) is 0 Å². The zero-order valence-corrected chi connectivity index (χ0v) is 13.3. The molecule has 0 aliphatic carbocycles. The third-order valence-corrected chi connectivity index (χ3v) is 3.10. The summed E-state index contributed by atoms with van der Waals surface area (Å²) in [5, 5.41) is 8.28. The van der Waals surface area contributed by atoms with Crippen LogP contribution in [-0.2, 0) is 16.0 Å². The van der Waals surface area contributed by atoms with Gasteiger partial charge in [-0.2, -0.15) is 9.90 Å². The summed E-state index contributed by atoms with van der Waals surface area (Å²) in [5.74, 6) is 2.53. The zero-order chi connectivity index (χ0) is 16.2. The van der Waals surface area contributed by atoms with Crippen LogP contribution in [0.5, 0.6) is 0 Å². The first-order chi connectivity index (χ1) is 10.4. The summed E-state index contributed by atoms with van der Waals surface area (Å²) in [4.78, 5) is 15.4. The Bertz CT molecular complexity index is 556. The predicted molar refractivity (Wildman–Crippen MR) is 80.1 cm³/mol. The summed E-state index contributed by atoms with van der Waals surface area (Å²) >= 11 is 0. The summed E-state index contributed by atoms with van der Waals surface area (Å²) < 4.78 is 11.0. The van der Waals surface area contributed by atoms with E-state index in [4.69, 9.17) is 15.9 Å². The van der Waals surface area contributed by atoms with Gasteiger partial charge < -0.3 is 14.4 Å². The van der Waals surface area contributed by atoms with Crippen LogP contribution < -0.4 is 0 Å². The lowest BCUT2D eigenvalue weighted by molar-refractivity contribution is 0.0230. The van der Waals surface area contributed by atoms with Gasteiger partial charge in [-0.3, -0.25) is 0 Å². The first kappa shape index (κ1) is 16.3. The van der Waals surface area contributed by atoms with Gasteiger partial charge in [0.2, 0.25) is 0 Å². The number of hydrogen-bond donors (Lipinski definition) is 0. The fraction of sp³-hybridized carbons (Fsp3) is 0.667. The molecule has 0 spiro atoms. The van der Waals surface area contributed by atoms with Gasteiger partial charge in [0.1, 0.15) is 5.60 Å². The lowest BCUT2D eigenvalue weighted by atomic mass is 10.1. The van der Waals surface area contributed by atoms with Crippen LogP contribution in [0.2, 0.25) is 0 Å². The summed E-state index contributed by atoms with van der Waals surface area (Å²) in [6, 6.07) is 0. The summed E-state index contributed by atoms with van der Waals surface area (Å²) in [7, 11) is 0. The molecule has 7 heteroatoms. The SMILES string of the molecule is C#Cc1cnn(CC2COCCN(C(=O)OC(C)(C)C)C2)n1. The Balaban J connectivity index is 1.97. The van der Waals surface area contributed by atoms with Crippen molar-refractivity contribution in [2.45, 2.75) is 32.9 Å². The average Bonchev–Trinajstić information content (AvgIpc) is 2.74.